The van der Waals surface area contributed by atoms with Gasteiger partial charge in [-0.3, -0.25) is 4.79 Å². The highest BCUT2D eigenvalue weighted by atomic mass is 19.4. The number of anilines is 1. The summed E-state index contributed by atoms with van der Waals surface area (Å²) >= 11 is 0. The number of nitrogens with one attached hydrogen (secondary N) is 1. The van der Waals surface area contributed by atoms with Gasteiger partial charge in [0.05, 0.1) is 26.4 Å². The summed E-state index contributed by atoms with van der Waals surface area (Å²) in [5.41, 5.74) is 0.280. The first-order chi connectivity index (χ1) is 24.9. The van der Waals surface area contributed by atoms with Crippen LogP contribution in [0.15, 0.2) is 24.3 Å². The zero-order valence-electron chi connectivity index (χ0n) is 27.5. The van der Waals surface area contributed by atoms with Crippen LogP contribution in [0.4, 0.5) is 18.9 Å². The number of benzene rings is 1. The highest BCUT2D eigenvalue weighted by Crippen LogP contribution is 2.35. The van der Waals surface area contributed by atoms with Crippen LogP contribution in [0.3, 0.4) is 0 Å². The maximum atomic E-state index is 12.6. The molecule has 1 aromatic carbocycles. The highest BCUT2D eigenvalue weighted by molar-refractivity contribution is 5.94. The molecule has 17 atom stereocenters. The van der Waals surface area contributed by atoms with Gasteiger partial charge in [0.2, 0.25) is 0 Å². The van der Waals surface area contributed by atoms with E-state index in [-0.39, 0.29) is 18.7 Å². The molecule has 23 heteroatoms. The van der Waals surface area contributed by atoms with Crippen LogP contribution in [-0.4, -0.2) is 204 Å². The maximum Gasteiger partial charge on any atom is 0.471 e. The fourth-order valence-electron chi connectivity index (χ4n) is 5.85. The number of halogens is 3. The van der Waals surface area contributed by atoms with Crippen LogP contribution in [-0.2, 0) is 39.6 Å². The van der Waals surface area contributed by atoms with Crippen LogP contribution in [0, 0.1) is 0 Å². The average Bonchev–Trinajstić information content (AvgIpc) is 3.13. The third kappa shape index (κ3) is 10.1. The number of aliphatic hydroxyl groups is 12. The van der Waals surface area contributed by atoms with Gasteiger partial charge >= 0.3 is 12.1 Å². The van der Waals surface area contributed by atoms with Crippen LogP contribution in [0.1, 0.15) is 5.56 Å². The van der Waals surface area contributed by atoms with Crippen molar-refractivity contribution in [1.82, 2.24) is 0 Å². The summed E-state index contributed by atoms with van der Waals surface area (Å²) in [7, 11) is 0. The third-order valence-corrected chi connectivity index (χ3v) is 8.87. The molecule has 3 heterocycles. The Hall–Kier alpha value is -2.24. The zero-order chi connectivity index (χ0) is 39.4. The van der Waals surface area contributed by atoms with E-state index < -0.39 is 136 Å². The molecule has 20 nitrogen and oxygen atoms in total. The van der Waals surface area contributed by atoms with E-state index in [2.05, 4.69) is 0 Å². The largest absolute Gasteiger partial charge is 0.471 e. The van der Waals surface area contributed by atoms with Crippen molar-refractivity contribution < 1.29 is 108 Å². The zero-order valence-corrected chi connectivity index (χ0v) is 27.5. The molecule has 3 aliphatic heterocycles. The number of carbonyl (C=O) groups excluding carboxylic acids is 1. The van der Waals surface area contributed by atoms with Crippen molar-refractivity contribution in [3.05, 3.63) is 29.8 Å². The number of ether oxygens (including phenoxy) is 6. The van der Waals surface area contributed by atoms with Gasteiger partial charge in [-0.15, -0.1) is 0 Å². The molecule has 0 spiro atoms. The summed E-state index contributed by atoms with van der Waals surface area (Å²) in [6.07, 6.45) is -37.2. The molecule has 1 amide bonds. The minimum atomic E-state index is -5.12. The summed E-state index contributed by atoms with van der Waals surface area (Å²) in [6.45, 7) is -3.18. The molecule has 0 radical (unpaired) electrons. The molecule has 0 bridgehead atoms. The predicted molar refractivity (Wildman–Crippen MR) is 162 cm³/mol. The number of carbonyl (C=O) groups is 1. The highest BCUT2D eigenvalue weighted by Gasteiger charge is 2.56. The monoisotopic (exact) mass is 779 g/mol. The van der Waals surface area contributed by atoms with Crippen LogP contribution in [0.5, 0.6) is 0 Å². The van der Waals surface area contributed by atoms with Crippen molar-refractivity contribution >= 4 is 11.6 Å². The van der Waals surface area contributed by atoms with E-state index in [0.29, 0.717) is 5.56 Å². The molecule has 13 N–H and O–H groups in total. The first kappa shape index (κ1) is 43.5. The minimum absolute atomic E-state index is 0.00752. The molecular weight excluding hydrogens is 735 g/mol. The smallest absolute Gasteiger partial charge is 0.394 e. The molecule has 0 aromatic heterocycles. The second-order valence-corrected chi connectivity index (χ2v) is 12.6. The molecule has 3 saturated heterocycles. The Morgan fingerprint density at radius 1 is 0.698 bits per heavy atom. The van der Waals surface area contributed by atoms with E-state index in [9.17, 15) is 79.2 Å². The van der Waals surface area contributed by atoms with Crippen molar-refractivity contribution in [1.29, 1.82) is 0 Å². The van der Waals surface area contributed by atoms with Gasteiger partial charge in [0.1, 0.15) is 85.5 Å². The summed E-state index contributed by atoms with van der Waals surface area (Å²) in [5, 5.41) is 125. The number of hydrogen-bond acceptors (Lipinski definition) is 19. The second kappa shape index (κ2) is 18.6. The van der Waals surface area contributed by atoms with Crippen LogP contribution in [0.25, 0.3) is 0 Å². The minimum Gasteiger partial charge on any atom is -0.394 e. The predicted octanol–water partition coefficient (Wildman–Crippen LogP) is -6.08. The van der Waals surface area contributed by atoms with Crippen molar-refractivity contribution in [3.63, 3.8) is 0 Å². The Bertz CT molecular complexity index is 1300. The Labute approximate surface area is 298 Å². The number of amides is 1. The SMILES string of the molecule is O=C(Nc1ccc(CCO[C@H]2O[C@H]([C@@H](O)CO)[C@@H](O[C@@H]3O[C@H](CO)[C@@H](O)[C@H](O)[C@H]3O)[C@H](O)[C@@H]2O[C@H]2O[C@H]([C@@H](O)CO)[C@@H](O)[C@H](O)[C@@H]2O)cc1)C(F)(F)F. The molecular formula is C30H44F3NO19. The topological polar surface area (TPSA) is 327 Å². The molecule has 0 unspecified atom stereocenters. The van der Waals surface area contributed by atoms with E-state index in [1.54, 1.807) is 5.32 Å². The standard InChI is InChI=1S/C30H44F3NO19/c31-30(32,33)29(47)34-11-3-1-10(2-4-11)5-6-48-28-25(53-27-20(45)17(42)18(43)22(50-27)12(38)7-35)21(46)24(23(51-28)13(39)8-36)52-26-19(44)16(41)15(40)14(9-37)49-26/h1-4,12-28,35-46H,5-9H2,(H,34,47)/t12-,13-,14+,15+,16-,17-,18-,19+,20-,21-,22+,23+,24-,25-,26-,27+,28-/m0/s1. The Balaban J connectivity index is 1.59. The number of aliphatic hydroxyl groups excluding tert-OH is 12. The first-order valence-electron chi connectivity index (χ1n) is 16.2. The number of alkyl halides is 3. The van der Waals surface area contributed by atoms with Crippen molar-refractivity contribution in [2.24, 2.45) is 0 Å². The lowest BCUT2D eigenvalue weighted by molar-refractivity contribution is -0.393. The normalized spacial score (nSPS) is 39.3. The Morgan fingerprint density at radius 3 is 1.79 bits per heavy atom. The van der Waals surface area contributed by atoms with Crippen LogP contribution in [0.2, 0.25) is 0 Å². The first-order valence-corrected chi connectivity index (χ1v) is 16.2. The molecule has 3 fully saturated rings. The van der Waals surface area contributed by atoms with Crippen molar-refractivity contribution in [3.8, 4) is 0 Å². The number of rotatable bonds is 14. The van der Waals surface area contributed by atoms with Crippen molar-refractivity contribution in [2.75, 3.05) is 31.7 Å². The lowest BCUT2D eigenvalue weighted by atomic mass is 9.93. The van der Waals surface area contributed by atoms with Gasteiger partial charge in [-0.1, -0.05) is 12.1 Å². The molecule has 53 heavy (non-hydrogen) atoms. The summed E-state index contributed by atoms with van der Waals surface area (Å²) in [5.74, 6) is -2.19. The summed E-state index contributed by atoms with van der Waals surface area (Å²) in [6, 6.07) is 5.07. The van der Waals surface area contributed by atoms with Gasteiger partial charge in [-0.25, -0.2) is 0 Å². The summed E-state index contributed by atoms with van der Waals surface area (Å²) < 4.78 is 71.6. The van der Waals surface area contributed by atoms with Gasteiger partial charge < -0.3 is 95.0 Å². The molecule has 4 rings (SSSR count). The van der Waals surface area contributed by atoms with E-state index in [4.69, 9.17) is 28.4 Å². The summed E-state index contributed by atoms with van der Waals surface area (Å²) in [4.78, 5) is 11.2. The van der Waals surface area contributed by atoms with E-state index in [0.717, 1.165) is 0 Å². The molecule has 3 aliphatic rings. The fourth-order valence-corrected chi connectivity index (χ4v) is 5.85. The van der Waals surface area contributed by atoms with Gasteiger partial charge in [0, 0.05) is 5.69 Å². The Kier molecular flexibility index (Phi) is 15.3. The van der Waals surface area contributed by atoms with Gasteiger partial charge in [-0.2, -0.15) is 13.2 Å². The third-order valence-electron chi connectivity index (χ3n) is 8.87. The van der Waals surface area contributed by atoms with Gasteiger partial charge in [-0.05, 0) is 24.1 Å². The average molecular weight is 780 g/mol. The lowest BCUT2D eigenvalue weighted by Gasteiger charge is -2.49. The van der Waals surface area contributed by atoms with Crippen molar-refractivity contribution in [2.45, 2.75) is 117 Å². The van der Waals surface area contributed by atoms with Gasteiger partial charge in [0.15, 0.2) is 18.9 Å². The maximum absolute atomic E-state index is 12.6. The molecule has 0 aliphatic carbocycles. The quantitative estimate of drug-likeness (QED) is 0.0836. The van der Waals surface area contributed by atoms with E-state index >= 15 is 0 Å². The van der Waals surface area contributed by atoms with Crippen LogP contribution < -0.4 is 5.32 Å². The molecule has 1 aromatic rings. The molecule has 304 valence electrons. The van der Waals surface area contributed by atoms with E-state index in [1.165, 1.54) is 24.3 Å². The van der Waals surface area contributed by atoms with Crippen LogP contribution >= 0.6 is 0 Å². The Morgan fingerprint density at radius 2 is 1.23 bits per heavy atom. The second-order valence-electron chi connectivity index (χ2n) is 12.6. The lowest BCUT2D eigenvalue weighted by Crippen LogP contribution is -2.68. The fraction of sp³-hybridized carbons (Fsp3) is 0.767. The molecule has 0 saturated carbocycles. The number of hydrogen-bond donors (Lipinski definition) is 13. The van der Waals surface area contributed by atoms with Gasteiger partial charge in [0.25, 0.3) is 0 Å². The van der Waals surface area contributed by atoms with E-state index in [1.807, 2.05) is 0 Å².